The van der Waals surface area contributed by atoms with E-state index >= 15 is 0 Å². The summed E-state index contributed by atoms with van der Waals surface area (Å²) in [6.45, 7) is 11.6. The van der Waals surface area contributed by atoms with E-state index < -0.39 is 5.60 Å². The van der Waals surface area contributed by atoms with Gasteiger partial charge >= 0.3 is 12.1 Å². The third-order valence-electron chi connectivity index (χ3n) is 5.85. The minimum atomic E-state index is -0.456. The molecule has 1 saturated heterocycles. The third-order valence-corrected chi connectivity index (χ3v) is 6.10. The number of piperidine rings is 1. The molecule has 1 amide bonds. The molecule has 5 nitrogen and oxygen atoms in total. The maximum atomic E-state index is 12.7. The zero-order valence-electron chi connectivity index (χ0n) is 15.6. The lowest BCUT2D eigenvalue weighted by molar-refractivity contribution is -0.147. The Morgan fingerprint density at radius 2 is 1.96 bits per heavy atom. The van der Waals surface area contributed by atoms with Gasteiger partial charge in [-0.05, 0) is 32.1 Å². The Hall–Kier alpha value is -1.17. The predicted molar refractivity (Wildman–Crippen MR) is 101 cm³/mol. The molecule has 0 N–H and O–H groups in total. The van der Waals surface area contributed by atoms with E-state index in [2.05, 4.69) is 40.0 Å². The minimum Gasteiger partial charge on any atom is -0.462 e. The Bertz CT molecular complexity index is 516. The standard InChI is InChI=1S/C19H31NO4S/c1-5-15-11-13(2)10-14(3)19(15,4)24-18(22)20-8-6-16(7-9-20)23-17(21)12-25/h14-16,25H,2,5-12H2,1,3-4H3. The SMILES string of the molecule is C=C1CC(C)C(C)(OC(=O)N2CCC(OC(=O)CS)CC2)C(CC)C1. The van der Waals surface area contributed by atoms with Crippen molar-refractivity contribution in [3.63, 3.8) is 0 Å². The first-order valence-corrected chi connectivity index (χ1v) is 9.88. The van der Waals surface area contributed by atoms with E-state index in [1.165, 1.54) is 5.57 Å². The normalized spacial score (nSPS) is 30.9. The average Bonchev–Trinajstić information content (AvgIpc) is 2.58. The summed E-state index contributed by atoms with van der Waals surface area (Å²) in [6.07, 6.45) is 3.71. The number of rotatable bonds is 4. The van der Waals surface area contributed by atoms with Gasteiger partial charge in [-0.3, -0.25) is 4.79 Å². The Morgan fingerprint density at radius 3 is 2.52 bits per heavy atom. The third kappa shape index (κ3) is 4.72. The molecule has 0 spiro atoms. The fraction of sp³-hybridized carbons (Fsp3) is 0.789. The summed E-state index contributed by atoms with van der Waals surface area (Å²) in [5, 5.41) is 0. The molecule has 6 heteroatoms. The lowest BCUT2D eigenvalue weighted by Crippen LogP contribution is -2.52. The van der Waals surface area contributed by atoms with Crippen molar-refractivity contribution >= 4 is 24.7 Å². The number of ether oxygens (including phenoxy) is 2. The quantitative estimate of drug-likeness (QED) is 0.465. The van der Waals surface area contributed by atoms with E-state index in [4.69, 9.17) is 9.47 Å². The zero-order valence-corrected chi connectivity index (χ0v) is 16.5. The summed E-state index contributed by atoms with van der Waals surface area (Å²) in [5.74, 6) is 0.347. The summed E-state index contributed by atoms with van der Waals surface area (Å²) < 4.78 is 11.3. The summed E-state index contributed by atoms with van der Waals surface area (Å²) in [6, 6.07) is 0. The highest BCUT2D eigenvalue weighted by Gasteiger charge is 2.46. The molecule has 1 heterocycles. The Balaban J connectivity index is 1.93. The van der Waals surface area contributed by atoms with E-state index in [0.717, 1.165) is 19.3 Å². The molecule has 0 radical (unpaired) electrons. The number of allylic oxidation sites excluding steroid dienone is 1. The molecule has 2 rings (SSSR count). The molecular weight excluding hydrogens is 338 g/mol. The van der Waals surface area contributed by atoms with E-state index in [0.29, 0.717) is 31.8 Å². The smallest absolute Gasteiger partial charge is 0.410 e. The number of hydrogen-bond acceptors (Lipinski definition) is 5. The van der Waals surface area contributed by atoms with Crippen LogP contribution in [0.5, 0.6) is 0 Å². The second kappa shape index (κ2) is 8.47. The molecule has 0 aromatic carbocycles. The molecule has 0 bridgehead atoms. The van der Waals surface area contributed by atoms with Crippen molar-refractivity contribution in [3.05, 3.63) is 12.2 Å². The molecule has 1 aliphatic carbocycles. The van der Waals surface area contributed by atoms with Gasteiger partial charge in [0.15, 0.2) is 0 Å². The topological polar surface area (TPSA) is 55.8 Å². The van der Waals surface area contributed by atoms with Crippen molar-refractivity contribution in [1.29, 1.82) is 0 Å². The number of hydrogen-bond donors (Lipinski definition) is 1. The van der Waals surface area contributed by atoms with Crippen LogP contribution in [0, 0.1) is 11.8 Å². The molecule has 0 aromatic heterocycles. The maximum absolute atomic E-state index is 12.7. The predicted octanol–water partition coefficient (Wildman–Crippen LogP) is 3.83. The van der Waals surface area contributed by atoms with Gasteiger partial charge in [0.1, 0.15) is 11.7 Å². The van der Waals surface area contributed by atoms with Crippen LogP contribution in [0.1, 0.15) is 52.9 Å². The van der Waals surface area contributed by atoms with Crippen molar-refractivity contribution in [3.8, 4) is 0 Å². The largest absolute Gasteiger partial charge is 0.462 e. The fourth-order valence-corrected chi connectivity index (χ4v) is 4.11. The molecule has 3 atom stereocenters. The van der Waals surface area contributed by atoms with Crippen molar-refractivity contribution in [2.45, 2.75) is 64.6 Å². The molecule has 0 aromatic rings. The number of amides is 1. The van der Waals surface area contributed by atoms with Crippen LogP contribution < -0.4 is 0 Å². The van der Waals surface area contributed by atoms with E-state index in [1.54, 1.807) is 4.90 Å². The molecule has 142 valence electrons. The lowest BCUT2D eigenvalue weighted by atomic mass is 9.67. The van der Waals surface area contributed by atoms with Crippen LogP contribution >= 0.6 is 12.6 Å². The molecular formula is C19H31NO4S. The van der Waals surface area contributed by atoms with Crippen LogP contribution in [0.25, 0.3) is 0 Å². The zero-order chi connectivity index (χ0) is 18.6. The summed E-state index contributed by atoms with van der Waals surface area (Å²) >= 11 is 3.92. The fourth-order valence-electron chi connectivity index (χ4n) is 4.04. The lowest BCUT2D eigenvalue weighted by Gasteiger charge is -2.47. The van der Waals surface area contributed by atoms with Crippen LogP contribution in [-0.2, 0) is 14.3 Å². The van der Waals surface area contributed by atoms with Gasteiger partial charge in [0.25, 0.3) is 0 Å². The van der Waals surface area contributed by atoms with E-state index in [1.807, 2.05) is 0 Å². The van der Waals surface area contributed by atoms with Gasteiger partial charge in [-0.25, -0.2) is 4.79 Å². The van der Waals surface area contributed by atoms with Gasteiger partial charge in [0.05, 0.1) is 5.75 Å². The Labute approximate surface area is 156 Å². The summed E-state index contributed by atoms with van der Waals surface area (Å²) in [5.41, 5.74) is 0.794. The number of esters is 1. The number of likely N-dealkylation sites (tertiary alicyclic amines) is 1. The maximum Gasteiger partial charge on any atom is 0.410 e. The van der Waals surface area contributed by atoms with Crippen molar-refractivity contribution in [2.75, 3.05) is 18.8 Å². The molecule has 3 unspecified atom stereocenters. The summed E-state index contributed by atoms with van der Waals surface area (Å²) in [4.78, 5) is 25.8. The first-order valence-electron chi connectivity index (χ1n) is 9.25. The van der Waals surface area contributed by atoms with Crippen LogP contribution in [0.15, 0.2) is 12.2 Å². The average molecular weight is 370 g/mol. The second-order valence-corrected chi connectivity index (χ2v) is 7.87. The van der Waals surface area contributed by atoms with Crippen molar-refractivity contribution in [2.24, 2.45) is 11.8 Å². The van der Waals surface area contributed by atoms with Crippen LogP contribution in [-0.4, -0.2) is 47.5 Å². The number of thiol groups is 1. The number of carbonyl (C=O) groups is 2. The minimum absolute atomic E-state index is 0.0855. The van der Waals surface area contributed by atoms with Crippen molar-refractivity contribution in [1.82, 2.24) is 4.90 Å². The van der Waals surface area contributed by atoms with Crippen LogP contribution in [0.2, 0.25) is 0 Å². The first kappa shape index (κ1) is 20.1. The van der Waals surface area contributed by atoms with Crippen LogP contribution in [0.4, 0.5) is 4.79 Å². The van der Waals surface area contributed by atoms with Gasteiger partial charge < -0.3 is 14.4 Å². The van der Waals surface area contributed by atoms with Crippen LogP contribution in [0.3, 0.4) is 0 Å². The number of carbonyl (C=O) groups excluding carboxylic acids is 2. The van der Waals surface area contributed by atoms with E-state index in [-0.39, 0.29) is 29.8 Å². The van der Waals surface area contributed by atoms with Gasteiger partial charge in [0, 0.05) is 31.8 Å². The second-order valence-electron chi connectivity index (χ2n) is 7.55. The Morgan fingerprint density at radius 1 is 1.32 bits per heavy atom. The highest BCUT2D eigenvalue weighted by atomic mass is 32.1. The molecule has 1 saturated carbocycles. The highest BCUT2D eigenvalue weighted by molar-refractivity contribution is 7.81. The van der Waals surface area contributed by atoms with E-state index in [9.17, 15) is 9.59 Å². The molecule has 2 aliphatic rings. The summed E-state index contributed by atoms with van der Waals surface area (Å²) in [7, 11) is 0. The van der Waals surface area contributed by atoms with Crippen molar-refractivity contribution < 1.29 is 19.1 Å². The van der Waals surface area contributed by atoms with Gasteiger partial charge in [-0.15, -0.1) is 0 Å². The number of nitrogens with zero attached hydrogens (tertiary/aromatic N) is 1. The van der Waals surface area contributed by atoms with Gasteiger partial charge in [-0.1, -0.05) is 26.0 Å². The molecule has 25 heavy (non-hydrogen) atoms. The van der Waals surface area contributed by atoms with Gasteiger partial charge in [0.2, 0.25) is 0 Å². The highest BCUT2D eigenvalue weighted by Crippen LogP contribution is 2.44. The molecule has 1 aliphatic heterocycles. The monoisotopic (exact) mass is 369 g/mol. The molecule has 2 fully saturated rings. The first-order chi connectivity index (χ1) is 11.8. The Kier molecular flexibility index (Phi) is 6.83. The van der Waals surface area contributed by atoms with Gasteiger partial charge in [-0.2, -0.15) is 12.6 Å².